The van der Waals surface area contributed by atoms with Gasteiger partial charge in [0.1, 0.15) is 17.3 Å². The molecule has 34 heavy (non-hydrogen) atoms. The maximum Gasteiger partial charge on any atom is 0.258 e. The van der Waals surface area contributed by atoms with Gasteiger partial charge >= 0.3 is 0 Å². The highest BCUT2D eigenvalue weighted by atomic mass is 16.5. The summed E-state index contributed by atoms with van der Waals surface area (Å²) in [5, 5.41) is 2.95. The van der Waals surface area contributed by atoms with Crippen LogP contribution >= 0.6 is 0 Å². The number of fused-ring (bicyclic) bond motifs is 1. The van der Waals surface area contributed by atoms with Gasteiger partial charge in [-0.05, 0) is 68.7 Å². The molecule has 4 rings (SSSR count). The maximum absolute atomic E-state index is 12.5. The van der Waals surface area contributed by atoms with Gasteiger partial charge in [-0.25, -0.2) is 4.98 Å². The first-order valence-electron chi connectivity index (χ1n) is 11.6. The monoisotopic (exact) mass is 457 g/mol. The normalized spacial score (nSPS) is 10.9. The molecule has 0 saturated heterocycles. The van der Waals surface area contributed by atoms with E-state index in [4.69, 9.17) is 14.5 Å². The second-order valence-electron chi connectivity index (χ2n) is 8.52. The SMILES string of the molecule is Cc1ccc(OCCCn2c(CNC(=O)COc3cc(C)ccc3C)nc3ccccc32)cc1. The van der Waals surface area contributed by atoms with Crippen molar-refractivity contribution in [2.45, 2.75) is 40.3 Å². The lowest BCUT2D eigenvalue weighted by Gasteiger charge is -2.12. The van der Waals surface area contributed by atoms with Crippen molar-refractivity contribution in [1.29, 1.82) is 0 Å². The molecule has 0 aliphatic heterocycles. The van der Waals surface area contributed by atoms with Crippen LogP contribution in [0.25, 0.3) is 11.0 Å². The Labute approximate surface area is 200 Å². The molecule has 1 amide bonds. The summed E-state index contributed by atoms with van der Waals surface area (Å²) in [5.41, 5.74) is 5.28. The summed E-state index contributed by atoms with van der Waals surface area (Å²) in [6.07, 6.45) is 0.824. The van der Waals surface area contributed by atoms with Gasteiger partial charge in [0.2, 0.25) is 0 Å². The van der Waals surface area contributed by atoms with Gasteiger partial charge in [-0.2, -0.15) is 0 Å². The van der Waals surface area contributed by atoms with Crippen molar-refractivity contribution in [3.05, 3.63) is 89.2 Å². The van der Waals surface area contributed by atoms with Crippen LogP contribution in [-0.4, -0.2) is 28.7 Å². The second-order valence-corrected chi connectivity index (χ2v) is 8.52. The molecule has 0 bridgehead atoms. The van der Waals surface area contributed by atoms with Gasteiger partial charge in [-0.1, -0.05) is 42.0 Å². The van der Waals surface area contributed by atoms with Crippen LogP contribution in [-0.2, 0) is 17.9 Å². The van der Waals surface area contributed by atoms with E-state index in [2.05, 4.69) is 22.9 Å². The number of aromatic nitrogens is 2. The van der Waals surface area contributed by atoms with E-state index in [1.54, 1.807) is 0 Å². The average molecular weight is 458 g/mol. The fourth-order valence-corrected chi connectivity index (χ4v) is 3.79. The first kappa shape index (κ1) is 23.4. The second kappa shape index (κ2) is 10.9. The summed E-state index contributed by atoms with van der Waals surface area (Å²) >= 11 is 0. The highest BCUT2D eigenvalue weighted by Gasteiger charge is 2.12. The fraction of sp³-hybridized carbons (Fsp3) is 0.286. The summed E-state index contributed by atoms with van der Waals surface area (Å²) < 4.78 is 13.8. The van der Waals surface area contributed by atoms with Crippen molar-refractivity contribution in [3.8, 4) is 11.5 Å². The standard InChI is InChI=1S/C28H31N3O3/c1-20-10-13-23(14-11-20)33-16-6-15-31-25-8-5-4-7-24(25)30-27(31)18-29-28(32)19-34-26-17-21(2)9-12-22(26)3/h4-5,7-14,17H,6,15-16,18-19H2,1-3H3,(H,29,32). The van der Waals surface area contributed by atoms with Gasteiger partial charge in [-0.15, -0.1) is 0 Å². The van der Waals surface area contributed by atoms with Crippen LogP contribution in [0.1, 0.15) is 28.9 Å². The summed E-state index contributed by atoms with van der Waals surface area (Å²) in [4.78, 5) is 17.2. The minimum Gasteiger partial charge on any atom is -0.494 e. The Morgan fingerprint density at radius 2 is 1.71 bits per heavy atom. The number of nitrogens with one attached hydrogen (secondary N) is 1. The highest BCUT2D eigenvalue weighted by molar-refractivity contribution is 5.78. The molecule has 0 fully saturated rings. The summed E-state index contributed by atoms with van der Waals surface area (Å²) in [6, 6.07) is 22.1. The minimum absolute atomic E-state index is 0.0328. The zero-order chi connectivity index (χ0) is 23.9. The van der Waals surface area contributed by atoms with Crippen LogP contribution < -0.4 is 14.8 Å². The Bertz CT molecular complexity index is 1260. The van der Waals surface area contributed by atoms with Crippen molar-refractivity contribution in [1.82, 2.24) is 14.9 Å². The molecule has 1 N–H and O–H groups in total. The number of imidazole rings is 1. The Balaban J connectivity index is 1.35. The van der Waals surface area contributed by atoms with E-state index < -0.39 is 0 Å². The van der Waals surface area contributed by atoms with Gasteiger partial charge in [0.05, 0.1) is 24.2 Å². The molecule has 1 heterocycles. The Hall–Kier alpha value is -3.80. The first-order chi connectivity index (χ1) is 16.5. The summed E-state index contributed by atoms with van der Waals surface area (Å²) in [5.74, 6) is 2.24. The number of rotatable bonds is 10. The molecule has 0 unspecified atom stereocenters. The van der Waals surface area contributed by atoms with Crippen molar-refractivity contribution >= 4 is 16.9 Å². The Kier molecular flexibility index (Phi) is 7.48. The van der Waals surface area contributed by atoms with Crippen LogP contribution in [0, 0.1) is 20.8 Å². The van der Waals surface area contributed by atoms with E-state index in [-0.39, 0.29) is 12.5 Å². The number of hydrogen-bond acceptors (Lipinski definition) is 4. The molecule has 176 valence electrons. The number of nitrogens with zero attached hydrogens (tertiary/aromatic N) is 2. The van der Waals surface area contributed by atoms with Gasteiger partial charge in [0, 0.05) is 6.54 Å². The average Bonchev–Trinajstić information content (AvgIpc) is 3.19. The largest absolute Gasteiger partial charge is 0.494 e. The molecule has 0 saturated carbocycles. The van der Waals surface area contributed by atoms with Crippen molar-refractivity contribution in [2.75, 3.05) is 13.2 Å². The van der Waals surface area contributed by atoms with Gasteiger partial charge in [0.15, 0.2) is 6.61 Å². The van der Waals surface area contributed by atoms with Gasteiger partial charge in [0.25, 0.3) is 5.91 Å². The lowest BCUT2D eigenvalue weighted by atomic mass is 10.1. The molecular formula is C28H31N3O3. The lowest BCUT2D eigenvalue weighted by Crippen LogP contribution is -2.29. The van der Waals surface area contributed by atoms with Crippen LogP contribution in [0.5, 0.6) is 11.5 Å². The van der Waals surface area contributed by atoms with Crippen molar-refractivity contribution in [2.24, 2.45) is 0 Å². The highest BCUT2D eigenvalue weighted by Crippen LogP contribution is 2.19. The predicted molar refractivity (Wildman–Crippen MR) is 134 cm³/mol. The zero-order valence-electron chi connectivity index (χ0n) is 20.0. The van der Waals surface area contributed by atoms with Crippen molar-refractivity contribution in [3.63, 3.8) is 0 Å². The number of para-hydroxylation sites is 2. The molecule has 3 aromatic carbocycles. The van der Waals surface area contributed by atoms with E-state index in [9.17, 15) is 4.79 Å². The molecule has 0 aliphatic rings. The third-order valence-corrected chi connectivity index (χ3v) is 5.70. The van der Waals surface area contributed by atoms with Crippen LogP contribution in [0.3, 0.4) is 0 Å². The molecule has 0 atom stereocenters. The van der Waals surface area contributed by atoms with E-state index in [1.165, 1.54) is 5.56 Å². The third-order valence-electron chi connectivity index (χ3n) is 5.70. The smallest absolute Gasteiger partial charge is 0.258 e. The lowest BCUT2D eigenvalue weighted by molar-refractivity contribution is -0.123. The number of amides is 1. The molecule has 0 spiro atoms. The van der Waals surface area contributed by atoms with E-state index in [1.807, 2.05) is 74.5 Å². The van der Waals surface area contributed by atoms with E-state index in [0.29, 0.717) is 13.2 Å². The van der Waals surface area contributed by atoms with Gasteiger partial charge < -0.3 is 19.4 Å². The quantitative estimate of drug-likeness (QED) is 0.336. The van der Waals surface area contributed by atoms with Crippen molar-refractivity contribution < 1.29 is 14.3 Å². The molecule has 4 aromatic rings. The Morgan fingerprint density at radius 1 is 0.941 bits per heavy atom. The van der Waals surface area contributed by atoms with E-state index in [0.717, 1.165) is 52.4 Å². The molecule has 6 heteroatoms. The molecular weight excluding hydrogens is 426 g/mol. The van der Waals surface area contributed by atoms with Crippen LogP contribution in [0.15, 0.2) is 66.7 Å². The number of hydrogen-bond donors (Lipinski definition) is 1. The molecule has 0 radical (unpaired) electrons. The van der Waals surface area contributed by atoms with E-state index >= 15 is 0 Å². The number of carbonyl (C=O) groups is 1. The molecule has 0 aliphatic carbocycles. The van der Waals surface area contributed by atoms with Crippen LogP contribution in [0.2, 0.25) is 0 Å². The fourth-order valence-electron chi connectivity index (χ4n) is 3.79. The third kappa shape index (κ3) is 5.95. The summed E-state index contributed by atoms with van der Waals surface area (Å²) in [7, 11) is 0. The first-order valence-corrected chi connectivity index (χ1v) is 11.6. The zero-order valence-corrected chi connectivity index (χ0v) is 20.0. The summed E-state index contributed by atoms with van der Waals surface area (Å²) in [6.45, 7) is 7.68. The number of aryl methyl sites for hydroxylation is 4. The van der Waals surface area contributed by atoms with Crippen LogP contribution in [0.4, 0.5) is 0 Å². The topological polar surface area (TPSA) is 65.4 Å². The maximum atomic E-state index is 12.5. The molecule has 1 aromatic heterocycles. The minimum atomic E-state index is -0.179. The van der Waals surface area contributed by atoms with Gasteiger partial charge in [-0.3, -0.25) is 4.79 Å². The number of ether oxygens (including phenoxy) is 2. The molecule has 6 nitrogen and oxygen atoms in total. The number of carbonyl (C=O) groups excluding carboxylic acids is 1. The Morgan fingerprint density at radius 3 is 2.53 bits per heavy atom. The number of benzene rings is 3. The predicted octanol–water partition coefficient (Wildman–Crippen LogP) is 5.13.